The SMILES string of the molecule is O=C(c1cc(-c2n[nH]c3ccnc(OC4CCOCC4)c23)ccn1)N1CC2CC1CO2. The maximum atomic E-state index is 13.1. The molecule has 6 heterocycles. The van der Waals surface area contributed by atoms with E-state index in [0.717, 1.165) is 35.7 Å². The predicted octanol–water partition coefficient (Wildman–Crippen LogP) is 2.19. The molecule has 9 nitrogen and oxygen atoms in total. The molecule has 3 saturated heterocycles. The number of H-pyrrole nitrogens is 1. The summed E-state index contributed by atoms with van der Waals surface area (Å²) in [4.78, 5) is 23.8. The van der Waals surface area contributed by atoms with Gasteiger partial charge in [-0.3, -0.25) is 14.9 Å². The zero-order valence-corrected chi connectivity index (χ0v) is 17.0. The number of morpholine rings is 1. The molecule has 0 aliphatic carbocycles. The number of hydrogen-bond acceptors (Lipinski definition) is 7. The third-order valence-corrected chi connectivity index (χ3v) is 6.30. The molecule has 160 valence electrons. The lowest BCUT2D eigenvalue weighted by molar-refractivity contribution is 0.0244. The van der Waals surface area contributed by atoms with E-state index in [1.54, 1.807) is 18.5 Å². The number of likely N-dealkylation sites (tertiary alicyclic amines) is 1. The number of carbonyl (C=O) groups is 1. The van der Waals surface area contributed by atoms with Crippen LogP contribution in [0.15, 0.2) is 30.6 Å². The average molecular weight is 421 g/mol. The van der Waals surface area contributed by atoms with Gasteiger partial charge in [-0.15, -0.1) is 0 Å². The second-order valence-corrected chi connectivity index (χ2v) is 8.27. The summed E-state index contributed by atoms with van der Waals surface area (Å²) in [5.74, 6) is 0.487. The van der Waals surface area contributed by atoms with Crippen LogP contribution in [0.5, 0.6) is 5.88 Å². The van der Waals surface area contributed by atoms with Crippen molar-refractivity contribution in [3.05, 3.63) is 36.3 Å². The van der Waals surface area contributed by atoms with Gasteiger partial charge in [-0.25, -0.2) is 4.98 Å². The minimum absolute atomic E-state index is 0.0608. The number of nitrogens with one attached hydrogen (secondary N) is 1. The Kier molecular flexibility index (Phi) is 4.57. The number of ether oxygens (including phenoxy) is 3. The number of aromatic nitrogens is 4. The predicted molar refractivity (Wildman–Crippen MR) is 111 cm³/mol. The van der Waals surface area contributed by atoms with Crippen LogP contribution in [0, 0.1) is 0 Å². The third-order valence-electron chi connectivity index (χ3n) is 6.30. The molecular formula is C22H23N5O4. The van der Waals surface area contributed by atoms with Crippen molar-refractivity contribution in [2.75, 3.05) is 26.4 Å². The van der Waals surface area contributed by atoms with E-state index in [9.17, 15) is 4.79 Å². The van der Waals surface area contributed by atoms with Gasteiger partial charge in [0.25, 0.3) is 5.91 Å². The van der Waals surface area contributed by atoms with E-state index in [-0.39, 0.29) is 24.2 Å². The molecule has 1 amide bonds. The van der Waals surface area contributed by atoms with Gasteiger partial charge in [0, 0.05) is 37.3 Å². The largest absolute Gasteiger partial charge is 0.474 e. The van der Waals surface area contributed by atoms with Crippen molar-refractivity contribution in [2.45, 2.75) is 37.5 Å². The van der Waals surface area contributed by atoms with Crippen LogP contribution in [-0.4, -0.2) is 75.6 Å². The number of nitrogens with zero attached hydrogens (tertiary/aromatic N) is 4. The van der Waals surface area contributed by atoms with Crippen LogP contribution in [0.4, 0.5) is 0 Å². The summed E-state index contributed by atoms with van der Waals surface area (Å²) in [5, 5.41) is 8.39. The molecular weight excluding hydrogens is 398 g/mol. The number of amides is 1. The Morgan fingerprint density at radius 1 is 1.19 bits per heavy atom. The lowest BCUT2D eigenvalue weighted by Crippen LogP contribution is -2.41. The Morgan fingerprint density at radius 3 is 2.87 bits per heavy atom. The maximum Gasteiger partial charge on any atom is 0.272 e. The first-order valence-electron chi connectivity index (χ1n) is 10.7. The van der Waals surface area contributed by atoms with Crippen molar-refractivity contribution in [3.8, 4) is 17.1 Å². The first-order chi connectivity index (χ1) is 15.3. The van der Waals surface area contributed by atoms with Gasteiger partial charge in [-0.05, 0) is 24.6 Å². The maximum absolute atomic E-state index is 13.1. The minimum Gasteiger partial charge on any atom is -0.474 e. The normalized spacial score (nSPS) is 23.5. The first-order valence-corrected chi connectivity index (χ1v) is 10.7. The Labute approximate surface area is 178 Å². The molecule has 0 aromatic carbocycles. The van der Waals surface area contributed by atoms with Crippen molar-refractivity contribution in [1.29, 1.82) is 0 Å². The summed E-state index contributed by atoms with van der Waals surface area (Å²) >= 11 is 0. The molecule has 2 atom stereocenters. The molecule has 3 aliphatic heterocycles. The zero-order valence-electron chi connectivity index (χ0n) is 17.0. The molecule has 2 unspecified atom stereocenters. The van der Waals surface area contributed by atoms with Crippen LogP contribution in [0.25, 0.3) is 22.2 Å². The molecule has 0 radical (unpaired) electrons. The highest BCUT2D eigenvalue weighted by atomic mass is 16.5. The van der Waals surface area contributed by atoms with Crippen LogP contribution < -0.4 is 4.74 Å². The minimum atomic E-state index is -0.0608. The van der Waals surface area contributed by atoms with E-state index in [4.69, 9.17) is 14.2 Å². The smallest absolute Gasteiger partial charge is 0.272 e. The van der Waals surface area contributed by atoms with Crippen LogP contribution in [0.2, 0.25) is 0 Å². The fourth-order valence-electron chi connectivity index (χ4n) is 4.68. The number of rotatable bonds is 4. The Bertz CT molecular complexity index is 1130. The van der Waals surface area contributed by atoms with Crippen LogP contribution in [0.3, 0.4) is 0 Å². The summed E-state index contributed by atoms with van der Waals surface area (Å²) < 4.78 is 17.3. The van der Waals surface area contributed by atoms with Crippen molar-refractivity contribution in [2.24, 2.45) is 0 Å². The van der Waals surface area contributed by atoms with E-state index >= 15 is 0 Å². The Hall–Kier alpha value is -3.04. The number of carbonyl (C=O) groups excluding carboxylic acids is 1. The van der Waals surface area contributed by atoms with E-state index in [0.29, 0.717) is 43.6 Å². The van der Waals surface area contributed by atoms with Gasteiger partial charge in [0.2, 0.25) is 5.88 Å². The van der Waals surface area contributed by atoms with Crippen LogP contribution in [0.1, 0.15) is 29.8 Å². The summed E-state index contributed by atoms with van der Waals surface area (Å²) in [6, 6.07) is 5.68. The van der Waals surface area contributed by atoms with E-state index in [2.05, 4.69) is 20.2 Å². The molecule has 3 aromatic heterocycles. The molecule has 9 heteroatoms. The molecule has 31 heavy (non-hydrogen) atoms. The van der Waals surface area contributed by atoms with Gasteiger partial charge in [0.1, 0.15) is 17.5 Å². The van der Waals surface area contributed by atoms with Gasteiger partial charge in [-0.1, -0.05) is 0 Å². The van der Waals surface area contributed by atoms with Gasteiger partial charge in [0.15, 0.2) is 0 Å². The standard InChI is InChI=1S/C22H23N5O4/c28-22(27-11-16-10-14(27)12-30-16)18-9-13(1-5-23-18)20-19-17(25-26-20)2-6-24-21(19)31-15-3-7-29-8-4-15/h1-2,5-6,9,14-16H,3-4,7-8,10-12H2,(H,25,26). The van der Waals surface area contributed by atoms with Gasteiger partial charge in [-0.2, -0.15) is 5.10 Å². The lowest BCUT2D eigenvalue weighted by atomic mass is 10.1. The quantitative estimate of drug-likeness (QED) is 0.689. The second kappa shape index (κ2) is 7.58. The highest BCUT2D eigenvalue weighted by Crippen LogP contribution is 2.34. The third kappa shape index (κ3) is 3.34. The van der Waals surface area contributed by atoms with Crippen molar-refractivity contribution >= 4 is 16.8 Å². The molecule has 6 rings (SSSR count). The monoisotopic (exact) mass is 421 g/mol. The summed E-state index contributed by atoms with van der Waals surface area (Å²) in [6.45, 7) is 2.63. The Morgan fingerprint density at radius 2 is 2.06 bits per heavy atom. The van der Waals surface area contributed by atoms with Gasteiger partial charge >= 0.3 is 0 Å². The fourth-order valence-corrected chi connectivity index (χ4v) is 4.68. The summed E-state index contributed by atoms with van der Waals surface area (Å²) in [7, 11) is 0. The number of pyridine rings is 2. The first kappa shape index (κ1) is 18.7. The fraction of sp³-hybridized carbons (Fsp3) is 0.455. The zero-order chi connectivity index (χ0) is 20.8. The highest BCUT2D eigenvalue weighted by Gasteiger charge is 2.42. The molecule has 1 N–H and O–H groups in total. The Balaban J connectivity index is 1.33. The van der Waals surface area contributed by atoms with Crippen molar-refractivity contribution in [1.82, 2.24) is 25.1 Å². The molecule has 2 bridgehead atoms. The topological polar surface area (TPSA) is 102 Å². The lowest BCUT2D eigenvalue weighted by Gasteiger charge is -2.26. The van der Waals surface area contributed by atoms with Crippen molar-refractivity contribution < 1.29 is 19.0 Å². The highest BCUT2D eigenvalue weighted by molar-refractivity contribution is 5.98. The molecule has 0 spiro atoms. The van der Waals surface area contributed by atoms with Crippen molar-refractivity contribution in [3.63, 3.8) is 0 Å². The molecule has 3 aliphatic rings. The van der Waals surface area contributed by atoms with Crippen LogP contribution >= 0.6 is 0 Å². The molecule has 3 aromatic rings. The van der Waals surface area contributed by atoms with E-state index in [1.807, 2.05) is 17.0 Å². The average Bonchev–Trinajstić information content (AvgIpc) is 3.55. The molecule has 3 fully saturated rings. The number of fused-ring (bicyclic) bond motifs is 3. The number of aromatic amines is 1. The van der Waals surface area contributed by atoms with Gasteiger partial charge < -0.3 is 19.1 Å². The van der Waals surface area contributed by atoms with E-state index in [1.165, 1.54) is 0 Å². The summed E-state index contributed by atoms with van der Waals surface area (Å²) in [6.07, 6.45) is 6.17. The number of hydrogen-bond donors (Lipinski definition) is 1. The second-order valence-electron chi connectivity index (χ2n) is 8.27. The summed E-state index contributed by atoms with van der Waals surface area (Å²) in [5.41, 5.74) is 2.76. The molecule has 0 saturated carbocycles. The van der Waals surface area contributed by atoms with Crippen LogP contribution in [-0.2, 0) is 9.47 Å². The van der Waals surface area contributed by atoms with E-state index < -0.39 is 0 Å². The van der Waals surface area contributed by atoms with Gasteiger partial charge in [0.05, 0.1) is 42.9 Å².